The number of carbonyl (C=O) groups excluding carboxylic acids is 2. The van der Waals surface area contributed by atoms with Crippen LogP contribution in [0.5, 0.6) is 5.75 Å². The standard InChI is InChI=1S/C32H37N5O3/c1-5-7-19-36(32(39)33-26-15-11-12-16-29(26)40-6-2)22-31(38)34-30-21-27(25-13-9-8-10-14-25)35-37(30)28-18-17-23(3)20-24(28)4/h8-18,20-21H,5-7,19,22H2,1-4H3,(H,33,39)(H,34,38). The number of aryl methyl sites for hydroxylation is 2. The van der Waals surface area contributed by atoms with Gasteiger partial charge in [0.15, 0.2) is 0 Å². The topological polar surface area (TPSA) is 88.5 Å². The molecule has 0 atom stereocenters. The quantitative estimate of drug-likeness (QED) is 0.219. The van der Waals surface area contributed by atoms with Gasteiger partial charge in [-0.3, -0.25) is 4.79 Å². The Labute approximate surface area is 236 Å². The zero-order valence-electron chi connectivity index (χ0n) is 23.6. The number of anilines is 2. The summed E-state index contributed by atoms with van der Waals surface area (Å²) in [6.45, 7) is 8.82. The van der Waals surface area contributed by atoms with Gasteiger partial charge >= 0.3 is 6.03 Å². The summed E-state index contributed by atoms with van der Waals surface area (Å²) in [4.78, 5) is 28.2. The Morgan fingerprint density at radius 2 is 1.68 bits per heavy atom. The number of aromatic nitrogens is 2. The van der Waals surface area contributed by atoms with E-state index in [4.69, 9.17) is 9.84 Å². The number of unbranched alkanes of at least 4 members (excludes halogenated alkanes) is 1. The molecule has 0 aliphatic rings. The molecule has 8 nitrogen and oxygen atoms in total. The molecule has 3 amide bonds. The van der Waals surface area contributed by atoms with Crippen molar-refractivity contribution in [1.29, 1.82) is 0 Å². The number of amides is 3. The second-order valence-electron chi connectivity index (χ2n) is 9.67. The molecule has 0 saturated heterocycles. The highest BCUT2D eigenvalue weighted by molar-refractivity contribution is 5.97. The van der Waals surface area contributed by atoms with E-state index in [2.05, 4.69) is 16.7 Å². The SMILES string of the molecule is CCCCN(CC(=O)Nc1cc(-c2ccccc2)nn1-c1ccc(C)cc1C)C(=O)Nc1ccccc1OCC. The molecule has 8 heteroatoms. The van der Waals surface area contributed by atoms with E-state index in [0.29, 0.717) is 30.4 Å². The summed E-state index contributed by atoms with van der Waals surface area (Å²) in [5.74, 6) is 0.812. The zero-order valence-corrected chi connectivity index (χ0v) is 23.6. The van der Waals surface area contributed by atoms with Crippen LogP contribution in [0.3, 0.4) is 0 Å². The molecule has 1 heterocycles. The van der Waals surface area contributed by atoms with Crippen molar-refractivity contribution < 1.29 is 14.3 Å². The Morgan fingerprint density at radius 3 is 2.40 bits per heavy atom. The molecule has 0 spiro atoms. The lowest BCUT2D eigenvalue weighted by atomic mass is 10.1. The van der Waals surface area contributed by atoms with Gasteiger partial charge in [-0.2, -0.15) is 5.10 Å². The molecule has 4 rings (SSSR count). The van der Waals surface area contributed by atoms with Gasteiger partial charge in [-0.1, -0.05) is 73.5 Å². The fourth-order valence-electron chi connectivity index (χ4n) is 4.45. The van der Waals surface area contributed by atoms with Gasteiger partial charge in [0.25, 0.3) is 0 Å². The van der Waals surface area contributed by atoms with E-state index < -0.39 is 0 Å². The van der Waals surface area contributed by atoms with Crippen LogP contribution < -0.4 is 15.4 Å². The summed E-state index contributed by atoms with van der Waals surface area (Å²) in [6, 6.07) is 24.7. The van der Waals surface area contributed by atoms with Crippen molar-refractivity contribution in [2.45, 2.75) is 40.5 Å². The Bertz CT molecular complexity index is 1450. The van der Waals surface area contributed by atoms with E-state index in [1.165, 1.54) is 4.90 Å². The summed E-state index contributed by atoms with van der Waals surface area (Å²) < 4.78 is 7.40. The third-order valence-corrected chi connectivity index (χ3v) is 6.46. The highest BCUT2D eigenvalue weighted by Gasteiger charge is 2.21. The van der Waals surface area contributed by atoms with Crippen LogP contribution >= 0.6 is 0 Å². The van der Waals surface area contributed by atoms with Gasteiger partial charge in [-0.15, -0.1) is 0 Å². The molecule has 0 bridgehead atoms. The number of nitrogens with one attached hydrogen (secondary N) is 2. The van der Waals surface area contributed by atoms with Gasteiger partial charge in [0, 0.05) is 18.2 Å². The number of urea groups is 1. The van der Waals surface area contributed by atoms with Crippen LogP contribution in [0.25, 0.3) is 16.9 Å². The van der Waals surface area contributed by atoms with Crippen molar-refractivity contribution in [2.75, 3.05) is 30.3 Å². The second-order valence-corrected chi connectivity index (χ2v) is 9.67. The number of para-hydroxylation sites is 2. The van der Waals surface area contributed by atoms with Crippen LogP contribution in [0, 0.1) is 13.8 Å². The smallest absolute Gasteiger partial charge is 0.322 e. The minimum Gasteiger partial charge on any atom is -0.492 e. The maximum atomic E-state index is 13.4. The fourth-order valence-corrected chi connectivity index (χ4v) is 4.45. The van der Waals surface area contributed by atoms with Gasteiger partial charge in [-0.05, 0) is 51.0 Å². The number of rotatable bonds is 11. The van der Waals surface area contributed by atoms with Crippen molar-refractivity contribution in [3.8, 4) is 22.7 Å². The number of nitrogens with zero attached hydrogens (tertiary/aromatic N) is 3. The lowest BCUT2D eigenvalue weighted by molar-refractivity contribution is -0.116. The summed E-state index contributed by atoms with van der Waals surface area (Å²) in [5, 5.41) is 10.8. The van der Waals surface area contributed by atoms with Crippen molar-refractivity contribution in [2.24, 2.45) is 0 Å². The van der Waals surface area contributed by atoms with Gasteiger partial charge < -0.3 is 20.3 Å². The zero-order chi connectivity index (χ0) is 28.5. The van der Waals surface area contributed by atoms with Crippen LogP contribution in [0.2, 0.25) is 0 Å². The first-order valence-corrected chi connectivity index (χ1v) is 13.7. The van der Waals surface area contributed by atoms with E-state index in [0.717, 1.165) is 40.9 Å². The predicted octanol–water partition coefficient (Wildman–Crippen LogP) is 6.83. The molecule has 1 aromatic heterocycles. The maximum Gasteiger partial charge on any atom is 0.322 e. The normalized spacial score (nSPS) is 10.7. The van der Waals surface area contributed by atoms with Gasteiger partial charge in [0.05, 0.1) is 23.7 Å². The van der Waals surface area contributed by atoms with Crippen molar-refractivity contribution in [3.63, 3.8) is 0 Å². The number of hydrogen-bond donors (Lipinski definition) is 2. The van der Waals surface area contributed by atoms with Crippen molar-refractivity contribution in [3.05, 3.63) is 90.0 Å². The van der Waals surface area contributed by atoms with Crippen LogP contribution in [0.1, 0.15) is 37.8 Å². The van der Waals surface area contributed by atoms with Crippen LogP contribution in [-0.4, -0.2) is 46.3 Å². The van der Waals surface area contributed by atoms with E-state index in [-0.39, 0.29) is 18.5 Å². The maximum absolute atomic E-state index is 13.4. The molecular formula is C32H37N5O3. The van der Waals surface area contributed by atoms with E-state index in [9.17, 15) is 9.59 Å². The van der Waals surface area contributed by atoms with Crippen molar-refractivity contribution in [1.82, 2.24) is 14.7 Å². The minimum atomic E-state index is -0.358. The molecule has 4 aromatic rings. The first kappa shape index (κ1) is 28.4. The molecule has 0 aliphatic heterocycles. The molecular weight excluding hydrogens is 502 g/mol. The Morgan fingerprint density at radius 1 is 0.925 bits per heavy atom. The summed E-state index contributed by atoms with van der Waals surface area (Å²) in [6.07, 6.45) is 1.66. The fraction of sp³-hybridized carbons (Fsp3) is 0.281. The highest BCUT2D eigenvalue weighted by Crippen LogP contribution is 2.27. The summed E-state index contributed by atoms with van der Waals surface area (Å²) in [5.41, 5.74) is 5.30. The highest BCUT2D eigenvalue weighted by atomic mass is 16.5. The molecule has 208 valence electrons. The molecule has 0 fully saturated rings. The van der Waals surface area contributed by atoms with Gasteiger partial charge in [0.1, 0.15) is 18.1 Å². The molecule has 0 unspecified atom stereocenters. The number of hydrogen-bond acceptors (Lipinski definition) is 4. The first-order valence-electron chi connectivity index (χ1n) is 13.7. The largest absolute Gasteiger partial charge is 0.492 e. The average molecular weight is 540 g/mol. The average Bonchev–Trinajstić information content (AvgIpc) is 3.35. The Hall–Kier alpha value is -4.59. The predicted molar refractivity (Wildman–Crippen MR) is 160 cm³/mol. The minimum absolute atomic E-state index is 0.110. The van der Waals surface area contributed by atoms with E-state index in [1.807, 2.05) is 88.4 Å². The first-order chi connectivity index (χ1) is 19.4. The number of benzene rings is 3. The lowest BCUT2D eigenvalue weighted by Crippen LogP contribution is -2.41. The molecule has 2 N–H and O–H groups in total. The van der Waals surface area contributed by atoms with Crippen LogP contribution in [0.4, 0.5) is 16.3 Å². The van der Waals surface area contributed by atoms with Crippen LogP contribution in [-0.2, 0) is 4.79 Å². The summed E-state index contributed by atoms with van der Waals surface area (Å²) >= 11 is 0. The lowest BCUT2D eigenvalue weighted by Gasteiger charge is -2.23. The van der Waals surface area contributed by atoms with E-state index >= 15 is 0 Å². The van der Waals surface area contributed by atoms with Crippen molar-refractivity contribution >= 4 is 23.4 Å². The van der Waals surface area contributed by atoms with Gasteiger partial charge in [-0.25, -0.2) is 9.48 Å². The van der Waals surface area contributed by atoms with Crippen LogP contribution in [0.15, 0.2) is 78.9 Å². The Balaban J connectivity index is 1.58. The third kappa shape index (κ3) is 7.08. The number of carbonyl (C=O) groups is 2. The monoisotopic (exact) mass is 539 g/mol. The molecule has 40 heavy (non-hydrogen) atoms. The third-order valence-electron chi connectivity index (χ3n) is 6.46. The summed E-state index contributed by atoms with van der Waals surface area (Å²) in [7, 11) is 0. The second kappa shape index (κ2) is 13.5. The molecule has 3 aromatic carbocycles. The molecule has 0 saturated carbocycles. The molecule has 0 aliphatic carbocycles. The molecule has 0 radical (unpaired) electrons. The Kier molecular flexibility index (Phi) is 9.57. The van der Waals surface area contributed by atoms with Gasteiger partial charge in [0.2, 0.25) is 5.91 Å². The van der Waals surface area contributed by atoms with E-state index in [1.54, 1.807) is 16.8 Å². The number of ether oxygens (including phenoxy) is 1.